The third-order valence-electron chi connectivity index (χ3n) is 2.39. The maximum atomic E-state index is 10.9. The highest BCUT2D eigenvalue weighted by Crippen LogP contribution is 2.22. The Morgan fingerprint density at radius 1 is 1.25 bits per heavy atom. The number of rotatable bonds is 3. The van der Waals surface area contributed by atoms with Gasteiger partial charge >= 0.3 is 5.97 Å². The quantitative estimate of drug-likeness (QED) is 0.844. The Hall–Kier alpha value is -2.08. The average molecular weight is 291 g/mol. The predicted octanol–water partition coefficient (Wildman–Crippen LogP) is 3.17. The smallest absolute Gasteiger partial charge is 0.358 e. The lowest BCUT2D eigenvalue weighted by Gasteiger charge is -2.04. The lowest BCUT2D eigenvalue weighted by molar-refractivity contribution is 0.0691. The first-order valence-electron chi connectivity index (χ1n) is 6.12. The molecule has 1 heterocycles. The van der Waals surface area contributed by atoms with Crippen LogP contribution in [0.4, 0.5) is 5.82 Å². The molecule has 2 rings (SSSR count). The highest BCUT2D eigenvalue weighted by molar-refractivity contribution is 7.98. The molecule has 5 nitrogen and oxygen atoms in total. The van der Waals surface area contributed by atoms with Crippen LogP contribution in [0.2, 0.25) is 0 Å². The third kappa shape index (κ3) is 3.71. The molecule has 0 aliphatic carbocycles. The van der Waals surface area contributed by atoms with Gasteiger partial charge in [0.15, 0.2) is 11.5 Å². The fourth-order valence-electron chi connectivity index (χ4n) is 1.46. The largest absolute Gasteiger partial charge is 0.476 e. The van der Waals surface area contributed by atoms with Gasteiger partial charge < -0.3 is 10.8 Å². The van der Waals surface area contributed by atoms with Crippen molar-refractivity contribution in [3.8, 4) is 11.3 Å². The first kappa shape index (κ1) is 16.0. The van der Waals surface area contributed by atoms with E-state index in [1.54, 1.807) is 11.8 Å². The maximum absolute atomic E-state index is 10.9. The summed E-state index contributed by atoms with van der Waals surface area (Å²) in [6.07, 6.45) is 3.45. The molecule has 106 valence electrons. The van der Waals surface area contributed by atoms with Crippen molar-refractivity contribution >= 4 is 23.5 Å². The SMILES string of the molecule is CC.CSc1ccc(-c2cnc(N)c(C(=O)O)n2)cc1. The van der Waals surface area contributed by atoms with Gasteiger partial charge in [-0.05, 0) is 18.4 Å². The van der Waals surface area contributed by atoms with Gasteiger partial charge in [0, 0.05) is 10.5 Å². The molecule has 6 heteroatoms. The normalized spacial score (nSPS) is 9.55. The van der Waals surface area contributed by atoms with Gasteiger partial charge in [-0.15, -0.1) is 11.8 Å². The van der Waals surface area contributed by atoms with Crippen molar-refractivity contribution in [3.63, 3.8) is 0 Å². The monoisotopic (exact) mass is 291 g/mol. The zero-order valence-corrected chi connectivity index (χ0v) is 12.4. The van der Waals surface area contributed by atoms with E-state index in [0.717, 1.165) is 10.5 Å². The van der Waals surface area contributed by atoms with Crippen LogP contribution in [0, 0.1) is 0 Å². The first-order chi connectivity index (χ1) is 9.61. The molecule has 0 saturated heterocycles. The number of carboxylic acids is 1. The molecule has 1 aromatic heterocycles. The maximum Gasteiger partial charge on any atom is 0.358 e. The Morgan fingerprint density at radius 2 is 1.85 bits per heavy atom. The molecule has 1 aromatic carbocycles. The van der Waals surface area contributed by atoms with Gasteiger partial charge in [-0.2, -0.15) is 0 Å². The van der Waals surface area contributed by atoms with Crippen molar-refractivity contribution in [2.75, 3.05) is 12.0 Å². The number of benzene rings is 1. The minimum atomic E-state index is -1.18. The van der Waals surface area contributed by atoms with Crippen molar-refractivity contribution in [2.45, 2.75) is 18.7 Å². The van der Waals surface area contributed by atoms with Crippen LogP contribution in [-0.4, -0.2) is 27.3 Å². The van der Waals surface area contributed by atoms with Crippen LogP contribution in [0.15, 0.2) is 35.4 Å². The van der Waals surface area contributed by atoms with Gasteiger partial charge in [-0.25, -0.2) is 14.8 Å². The van der Waals surface area contributed by atoms with Crippen LogP contribution in [0.1, 0.15) is 24.3 Å². The molecule has 2 aromatic rings. The van der Waals surface area contributed by atoms with Crippen LogP contribution in [0.5, 0.6) is 0 Å². The van der Waals surface area contributed by atoms with Gasteiger partial charge in [0.2, 0.25) is 0 Å². The van der Waals surface area contributed by atoms with Crippen molar-refractivity contribution in [1.29, 1.82) is 0 Å². The van der Waals surface area contributed by atoms with Gasteiger partial charge in [0.1, 0.15) is 0 Å². The number of nitrogen functional groups attached to an aromatic ring is 1. The lowest BCUT2D eigenvalue weighted by Crippen LogP contribution is -2.08. The molecule has 0 saturated carbocycles. The highest BCUT2D eigenvalue weighted by Gasteiger charge is 2.12. The molecule has 3 N–H and O–H groups in total. The molecule has 0 bridgehead atoms. The molecule has 0 amide bonds. The molecule has 0 atom stereocenters. The predicted molar refractivity (Wildman–Crippen MR) is 82.0 cm³/mol. The molecule has 0 aliphatic rings. The van der Waals surface area contributed by atoms with Crippen molar-refractivity contribution in [2.24, 2.45) is 0 Å². The molecule has 20 heavy (non-hydrogen) atoms. The van der Waals surface area contributed by atoms with Crippen LogP contribution in [0.25, 0.3) is 11.3 Å². The topological polar surface area (TPSA) is 89.1 Å². The van der Waals surface area contributed by atoms with Crippen molar-refractivity contribution in [1.82, 2.24) is 9.97 Å². The van der Waals surface area contributed by atoms with Gasteiger partial charge in [-0.1, -0.05) is 26.0 Å². The summed E-state index contributed by atoms with van der Waals surface area (Å²) >= 11 is 1.63. The molecule has 0 aliphatic heterocycles. The number of aromatic nitrogens is 2. The number of hydrogen-bond acceptors (Lipinski definition) is 5. The number of carbonyl (C=O) groups is 1. The van der Waals surface area contributed by atoms with Crippen LogP contribution in [0.3, 0.4) is 0 Å². The summed E-state index contributed by atoms with van der Waals surface area (Å²) in [5, 5.41) is 8.93. The molecule has 0 spiro atoms. The van der Waals surface area contributed by atoms with Crippen LogP contribution >= 0.6 is 11.8 Å². The standard InChI is InChI=1S/C12H11N3O2S.C2H6/c1-18-8-4-2-7(3-5-8)9-6-14-11(13)10(15-9)12(16)17;1-2/h2-6H,1H3,(H2,13,14)(H,16,17);1-2H3. The van der Waals surface area contributed by atoms with E-state index in [0.29, 0.717) is 5.69 Å². The molecule has 0 unspecified atom stereocenters. The zero-order chi connectivity index (χ0) is 15.1. The summed E-state index contributed by atoms with van der Waals surface area (Å²) in [6, 6.07) is 7.63. The van der Waals surface area contributed by atoms with E-state index in [4.69, 9.17) is 10.8 Å². The number of anilines is 1. The van der Waals surface area contributed by atoms with Crippen molar-refractivity contribution < 1.29 is 9.90 Å². The molecular formula is C14H17N3O2S. The summed E-state index contributed by atoms with van der Waals surface area (Å²) in [7, 11) is 0. The Kier molecular flexibility index (Phi) is 5.99. The summed E-state index contributed by atoms with van der Waals surface area (Å²) in [5.74, 6) is -1.26. The number of nitrogens with two attached hydrogens (primary N) is 1. The van der Waals surface area contributed by atoms with Crippen LogP contribution in [-0.2, 0) is 0 Å². The zero-order valence-electron chi connectivity index (χ0n) is 11.6. The third-order valence-corrected chi connectivity index (χ3v) is 3.13. The number of nitrogens with zero attached hydrogens (tertiary/aromatic N) is 2. The van der Waals surface area contributed by atoms with Gasteiger partial charge in [0.25, 0.3) is 0 Å². The fourth-order valence-corrected chi connectivity index (χ4v) is 1.86. The summed E-state index contributed by atoms with van der Waals surface area (Å²) in [6.45, 7) is 4.00. The first-order valence-corrected chi connectivity index (χ1v) is 7.34. The second-order valence-electron chi connectivity index (χ2n) is 3.52. The minimum absolute atomic E-state index is 0.0769. The molecule has 0 radical (unpaired) electrons. The average Bonchev–Trinajstić information content (AvgIpc) is 2.49. The lowest BCUT2D eigenvalue weighted by atomic mass is 10.1. The summed E-state index contributed by atoms with van der Waals surface area (Å²) in [5.41, 5.74) is 6.54. The van der Waals surface area contributed by atoms with E-state index in [2.05, 4.69) is 9.97 Å². The van der Waals surface area contributed by atoms with E-state index in [9.17, 15) is 4.79 Å². The van der Waals surface area contributed by atoms with E-state index < -0.39 is 5.97 Å². The van der Waals surface area contributed by atoms with E-state index in [-0.39, 0.29) is 11.5 Å². The minimum Gasteiger partial charge on any atom is -0.476 e. The van der Waals surface area contributed by atoms with E-state index in [1.165, 1.54) is 6.20 Å². The van der Waals surface area contributed by atoms with Crippen molar-refractivity contribution in [3.05, 3.63) is 36.2 Å². The molecule has 0 fully saturated rings. The van der Waals surface area contributed by atoms with Crippen LogP contribution < -0.4 is 5.73 Å². The Bertz CT molecular complexity index is 585. The Morgan fingerprint density at radius 3 is 2.35 bits per heavy atom. The fraction of sp³-hybridized carbons (Fsp3) is 0.214. The number of carboxylic acid groups (broad SMARTS) is 1. The van der Waals surface area contributed by atoms with Gasteiger partial charge in [-0.3, -0.25) is 0 Å². The Balaban J connectivity index is 0.000000956. The van der Waals surface area contributed by atoms with E-state index in [1.807, 2.05) is 44.4 Å². The number of aromatic carboxylic acids is 1. The van der Waals surface area contributed by atoms with E-state index >= 15 is 0 Å². The highest BCUT2D eigenvalue weighted by atomic mass is 32.2. The second kappa shape index (κ2) is 7.49. The number of hydrogen-bond donors (Lipinski definition) is 2. The Labute approximate surface area is 122 Å². The van der Waals surface area contributed by atoms with Gasteiger partial charge in [0.05, 0.1) is 11.9 Å². The second-order valence-corrected chi connectivity index (χ2v) is 4.40. The summed E-state index contributed by atoms with van der Waals surface area (Å²) in [4.78, 5) is 19.9. The summed E-state index contributed by atoms with van der Waals surface area (Å²) < 4.78 is 0. The molecular weight excluding hydrogens is 274 g/mol. The number of thioether (sulfide) groups is 1.